The lowest BCUT2D eigenvalue weighted by atomic mass is 9.71. The van der Waals surface area contributed by atoms with Crippen molar-refractivity contribution in [2.45, 2.75) is 31.3 Å². The maximum atomic E-state index is 12.3. The third-order valence-electron chi connectivity index (χ3n) is 5.68. The van der Waals surface area contributed by atoms with Crippen LogP contribution in [0.1, 0.15) is 24.8 Å². The predicted octanol–water partition coefficient (Wildman–Crippen LogP) is 3.98. The Morgan fingerprint density at radius 3 is 3.00 bits per heavy atom. The molecule has 4 bridgehead atoms. The van der Waals surface area contributed by atoms with Crippen molar-refractivity contribution in [3.63, 3.8) is 0 Å². The van der Waals surface area contributed by atoms with Crippen LogP contribution in [-0.4, -0.2) is 36.6 Å². The molecule has 4 fully saturated rings. The summed E-state index contributed by atoms with van der Waals surface area (Å²) in [7, 11) is 1.51. The minimum absolute atomic E-state index is 0.00179. The Labute approximate surface area is 155 Å². The Bertz CT molecular complexity index is 690. The van der Waals surface area contributed by atoms with Gasteiger partial charge in [0, 0.05) is 22.2 Å². The fourth-order valence-electron chi connectivity index (χ4n) is 4.70. The van der Waals surface area contributed by atoms with Crippen molar-refractivity contribution >= 4 is 46.2 Å². The van der Waals surface area contributed by atoms with Gasteiger partial charge in [-0.25, -0.2) is 0 Å². The number of hydrogen-bond donors (Lipinski definition) is 0. The lowest BCUT2D eigenvalue weighted by Gasteiger charge is -2.50. The molecule has 4 saturated heterocycles. The summed E-state index contributed by atoms with van der Waals surface area (Å²) in [5, 5.41) is 0.783. The summed E-state index contributed by atoms with van der Waals surface area (Å²) in [5.74, 6) is 0.276. The van der Waals surface area contributed by atoms with E-state index in [1.807, 2.05) is 12.1 Å². The van der Waals surface area contributed by atoms with Gasteiger partial charge in [0.25, 0.3) is 0 Å². The number of esters is 1. The van der Waals surface area contributed by atoms with Crippen molar-refractivity contribution in [2.24, 2.45) is 11.8 Å². The van der Waals surface area contributed by atoms with Gasteiger partial charge in [0.05, 0.1) is 18.1 Å². The minimum atomic E-state index is -0.0448. The van der Waals surface area contributed by atoms with Gasteiger partial charge in [0.1, 0.15) is 0 Å². The standard InChI is InChI=1S/C18H19ClINO2/c1-23-18(22)17-13-8-12-3-5-16(17)21(12)9-11(13)6-10-2-4-15(20)14(19)7-10/h2,4,6-7,12-13,16-17H,3,5,8-9H2,1H3/b11-6+/t12-,13+,16+,17-/m0/s1. The molecule has 1 aromatic carbocycles. The Morgan fingerprint density at radius 1 is 1.43 bits per heavy atom. The number of benzene rings is 1. The molecule has 122 valence electrons. The molecule has 4 aliphatic heterocycles. The molecule has 0 saturated carbocycles. The number of nitrogens with zero attached hydrogens (tertiary/aromatic N) is 1. The first-order chi connectivity index (χ1) is 11.1. The second kappa shape index (κ2) is 6.05. The van der Waals surface area contributed by atoms with Crippen molar-refractivity contribution in [1.29, 1.82) is 0 Å². The Kier molecular flexibility index (Phi) is 4.18. The Balaban J connectivity index is 1.69. The van der Waals surface area contributed by atoms with Gasteiger partial charge in [-0.05, 0) is 65.5 Å². The van der Waals surface area contributed by atoms with Crippen LogP contribution in [0.4, 0.5) is 0 Å². The van der Waals surface area contributed by atoms with Gasteiger partial charge in [-0.2, -0.15) is 0 Å². The second-order valence-electron chi connectivity index (χ2n) is 6.75. The van der Waals surface area contributed by atoms with Crippen LogP contribution in [0.2, 0.25) is 5.02 Å². The molecule has 0 aromatic heterocycles. The number of carbonyl (C=O) groups excluding carboxylic acids is 1. The number of ether oxygens (including phenoxy) is 1. The summed E-state index contributed by atoms with van der Waals surface area (Å²) in [5.41, 5.74) is 2.47. The first kappa shape index (κ1) is 15.9. The molecular weight excluding hydrogens is 425 g/mol. The zero-order valence-electron chi connectivity index (χ0n) is 13.0. The lowest BCUT2D eigenvalue weighted by molar-refractivity contribution is -0.153. The molecule has 4 aliphatic rings. The minimum Gasteiger partial charge on any atom is -0.469 e. The van der Waals surface area contributed by atoms with Crippen LogP contribution in [0.5, 0.6) is 0 Å². The van der Waals surface area contributed by atoms with Gasteiger partial charge in [-0.3, -0.25) is 9.69 Å². The van der Waals surface area contributed by atoms with E-state index in [9.17, 15) is 4.79 Å². The van der Waals surface area contributed by atoms with E-state index < -0.39 is 0 Å². The molecule has 5 rings (SSSR count). The number of hydrogen-bond acceptors (Lipinski definition) is 3. The predicted molar refractivity (Wildman–Crippen MR) is 99.3 cm³/mol. The summed E-state index contributed by atoms with van der Waals surface area (Å²) in [4.78, 5) is 14.9. The van der Waals surface area contributed by atoms with Gasteiger partial charge < -0.3 is 4.74 Å². The van der Waals surface area contributed by atoms with E-state index in [-0.39, 0.29) is 11.9 Å². The van der Waals surface area contributed by atoms with Crippen LogP contribution >= 0.6 is 34.2 Å². The summed E-state index contributed by atoms with van der Waals surface area (Å²) < 4.78 is 6.17. The molecule has 23 heavy (non-hydrogen) atoms. The van der Waals surface area contributed by atoms with Crippen molar-refractivity contribution in [2.75, 3.05) is 13.7 Å². The van der Waals surface area contributed by atoms with E-state index in [4.69, 9.17) is 16.3 Å². The summed E-state index contributed by atoms with van der Waals surface area (Å²) in [6.07, 6.45) is 5.66. The quantitative estimate of drug-likeness (QED) is 0.511. The maximum absolute atomic E-state index is 12.3. The summed E-state index contributed by atoms with van der Waals surface area (Å²) in [6, 6.07) is 7.18. The Morgan fingerprint density at radius 2 is 2.26 bits per heavy atom. The molecule has 0 radical (unpaired) electrons. The third kappa shape index (κ3) is 2.63. The van der Waals surface area contributed by atoms with Crippen molar-refractivity contribution < 1.29 is 9.53 Å². The topological polar surface area (TPSA) is 29.5 Å². The zero-order chi connectivity index (χ0) is 16.1. The van der Waals surface area contributed by atoms with E-state index in [0.29, 0.717) is 18.0 Å². The van der Waals surface area contributed by atoms with Gasteiger partial charge in [-0.1, -0.05) is 29.3 Å². The molecule has 5 atom stereocenters. The number of methoxy groups -OCH3 is 1. The largest absolute Gasteiger partial charge is 0.469 e. The second-order valence-corrected chi connectivity index (χ2v) is 8.32. The van der Waals surface area contributed by atoms with Crippen molar-refractivity contribution in [1.82, 2.24) is 4.90 Å². The van der Waals surface area contributed by atoms with Crippen molar-refractivity contribution in [3.05, 3.63) is 37.9 Å². The SMILES string of the molecule is COC(=O)[C@H]1[C@@H]2C[C@@H]3CC[C@H]1N3C/C2=C\c1ccc(I)c(Cl)c1. The van der Waals surface area contributed by atoms with E-state index in [1.165, 1.54) is 19.1 Å². The third-order valence-corrected chi connectivity index (χ3v) is 7.25. The number of piperidine rings is 3. The number of rotatable bonds is 2. The highest BCUT2D eigenvalue weighted by molar-refractivity contribution is 14.1. The molecule has 0 N–H and O–H groups in total. The van der Waals surface area contributed by atoms with Crippen molar-refractivity contribution in [3.8, 4) is 0 Å². The molecule has 0 spiro atoms. The molecule has 1 unspecified atom stereocenters. The van der Waals surface area contributed by atoms with Crippen LogP contribution < -0.4 is 0 Å². The molecule has 0 aliphatic carbocycles. The number of carbonyl (C=O) groups is 1. The first-order valence-electron chi connectivity index (χ1n) is 8.07. The molecule has 0 amide bonds. The lowest BCUT2D eigenvalue weighted by Crippen LogP contribution is -2.58. The molecule has 1 aromatic rings. The van der Waals surface area contributed by atoms with E-state index in [0.717, 1.165) is 33.5 Å². The maximum Gasteiger partial charge on any atom is 0.310 e. The van der Waals surface area contributed by atoms with E-state index >= 15 is 0 Å². The van der Waals surface area contributed by atoms with Crippen LogP contribution in [0.15, 0.2) is 23.8 Å². The number of halogens is 2. The van der Waals surface area contributed by atoms with E-state index in [2.05, 4.69) is 39.6 Å². The highest BCUT2D eigenvalue weighted by Gasteiger charge is 2.55. The van der Waals surface area contributed by atoms with Gasteiger partial charge in [0.15, 0.2) is 0 Å². The van der Waals surface area contributed by atoms with Crippen LogP contribution in [0.3, 0.4) is 0 Å². The molecule has 4 heterocycles. The average molecular weight is 444 g/mol. The highest BCUT2D eigenvalue weighted by Crippen LogP contribution is 2.50. The normalized spacial score (nSPS) is 36.5. The smallest absolute Gasteiger partial charge is 0.310 e. The first-order valence-corrected chi connectivity index (χ1v) is 9.53. The van der Waals surface area contributed by atoms with Crippen LogP contribution in [-0.2, 0) is 9.53 Å². The molecular formula is C18H19ClINO2. The highest BCUT2D eigenvalue weighted by atomic mass is 127. The van der Waals surface area contributed by atoms with Gasteiger partial charge in [0.2, 0.25) is 0 Å². The zero-order valence-corrected chi connectivity index (χ0v) is 15.9. The monoisotopic (exact) mass is 443 g/mol. The number of fused-ring (bicyclic) bond motifs is 1. The molecule has 3 nitrogen and oxygen atoms in total. The average Bonchev–Trinajstić information content (AvgIpc) is 2.85. The van der Waals surface area contributed by atoms with Crippen LogP contribution in [0.25, 0.3) is 6.08 Å². The van der Waals surface area contributed by atoms with E-state index in [1.54, 1.807) is 0 Å². The van der Waals surface area contributed by atoms with Crippen LogP contribution in [0, 0.1) is 15.4 Å². The summed E-state index contributed by atoms with van der Waals surface area (Å²) >= 11 is 8.49. The fourth-order valence-corrected chi connectivity index (χ4v) is 5.22. The van der Waals surface area contributed by atoms with Gasteiger partial charge in [-0.15, -0.1) is 0 Å². The summed E-state index contributed by atoms with van der Waals surface area (Å²) in [6.45, 7) is 0.983. The fraction of sp³-hybridized carbons (Fsp3) is 0.500. The van der Waals surface area contributed by atoms with Gasteiger partial charge >= 0.3 is 5.97 Å². The Hall–Kier alpha value is -0.590. The molecule has 5 heteroatoms.